The van der Waals surface area contributed by atoms with Gasteiger partial charge in [-0.25, -0.2) is 8.42 Å². The van der Waals surface area contributed by atoms with E-state index in [4.69, 9.17) is 8.94 Å². The fourth-order valence-corrected chi connectivity index (χ4v) is 4.75. The Morgan fingerprint density at radius 3 is 2.52 bits per heavy atom. The molecule has 3 aromatic rings. The van der Waals surface area contributed by atoms with E-state index in [1.54, 1.807) is 36.4 Å². The van der Waals surface area contributed by atoms with Gasteiger partial charge in [-0.3, -0.25) is 4.79 Å². The van der Waals surface area contributed by atoms with Crippen LogP contribution < -0.4 is 5.32 Å². The molecule has 0 spiro atoms. The minimum absolute atomic E-state index is 0.129. The third kappa shape index (κ3) is 4.10. The highest BCUT2D eigenvalue weighted by Crippen LogP contribution is 2.23. The smallest absolute Gasteiger partial charge is 0.273 e. The number of sulfonamides is 1. The average Bonchev–Trinajstić information content (AvgIpc) is 3.40. The Morgan fingerprint density at radius 1 is 1.14 bits per heavy atom. The summed E-state index contributed by atoms with van der Waals surface area (Å²) < 4.78 is 37.4. The van der Waals surface area contributed by atoms with Crippen molar-refractivity contribution in [2.45, 2.75) is 30.7 Å². The van der Waals surface area contributed by atoms with Crippen LogP contribution in [0.5, 0.6) is 0 Å². The maximum atomic E-state index is 12.8. The molecule has 9 heteroatoms. The first-order chi connectivity index (χ1) is 13.9. The molecule has 1 amide bonds. The fraction of sp³-hybridized carbons (Fsp3) is 0.300. The number of carbonyl (C=O) groups is 1. The van der Waals surface area contributed by atoms with Crippen LogP contribution in [0.25, 0.3) is 11.5 Å². The molecular formula is C20H21N3O5S. The number of aromatic nitrogens is 1. The highest BCUT2D eigenvalue weighted by Gasteiger charge is 2.30. The number of amides is 1. The molecule has 1 aliphatic rings. The number of aryl methyl sites for hydroxylation is 1. The van der Waals surface area contributed by atoms with Crippen molar-refractivity contribution >= 4 is 15.9 Å². The lowest BCUT2D eigenvalue weighted by Gasteiger charge is -2.31. The summed E-state index contributed by atoms with van der Waals surface area (Å²) in [7, 11) is -3.52. The van der Waals surface area contributed by atoms with Crippen LogP contribution in [0.4, 0.5) is 0 Å². The molecule has 0 atom stereocenters. The van der Waals surface area contributed by atoms with Crippen LogP contribution in [-0.4, -0.2) is 42.9 Å². The third-order valence-corrected chi connectivity index (χ3v) is 6.87. The van der Waals surface area contributed by atoms with Crippen molar-refractivity contribution in [2.24, 2.45) is 0 Å². The SMILES string of the molecule is Cc1ccc(S(=O)(=O)N2CCC(NC(=O)c3cc(-c4ccco4)on3)CC2)cc1. The lowest BCUT2D eigenvalue weighted by Crippen LogP contribution is -2.46. The molecule has 0 unspecified atom stereocenters. The average molecular weight is 415 g/mol. The lowest BCUT2D eigenvalue weighted by molar-refractivity contribution is 0.0914. The van der Waals surface area contributed by atoms with E-state index in [1.807, 2.05) is 6.92 Å². The number of hydrogen-bond donors (Lipinski definition) is 1. The van der Waals surface area contributed by atoms with Gasteiger partial charge in [-0.05, 0) is 44.0 Å². The number of piperidine rings is 1. The first kappa shape index (κ1) is 19.4. The van der Waals surface area contributed by atoms with Gasteiger partial charge < -0.3 is 14.3 Å². The Hall–Kier alpha value is -2.91. The van der Waals surface area contributed by atoms with Gasteiger partial charge in [-0.2, -0.15) is 4.31 Å². The minimum Gasteiger partial charge on any atom is -0.461 e. The number of furan rings is 1. The summed E-state index contributed by atoms with van der Waals surface area (Å²) >= 11 is 0. The summed E-state index contributed by atoms with van der Waals surface area (Å²) in [4.78, 5) is 12.7. The van der Waals surface area contributed by atoms with E-state index < -0.39 is 10.0 Å². The van der Waals surface area contributed by atoms with Crippen molar-refractivity contribution in [1.82, 2.24) is 14.8 Å². The van der Waals surface area contributed by atoms with Gasteiger partial charge in [-0.1, -0.05) is 22.9 Å². The largest absolute Gasteiger partial charge is 0.461 e. The normalized spacial score (nSPS) is 16.0. The summed E-state index contributed by atoms with van der Waals surface area (Å²) in [5.74, 6) is 0.511. The molecule has 3 heterocycles. The quantitative estimate of drug-likeness (QED) is 0.687. The van der Waals surface area contributed by atoms with Gasteiger partial charge in [0.25, 0.3) is 5.91 Å². The second-order valence-electron chi connectivity index (χ2n) is 7.02. The van der Waals surface area contributed by atoms with Crippen molar-refractivity contribution in [1.29, 1.82) is 0 Å². The lowest BCUT2D eigenvalue weighted by atomic mass is 10.1. The van der Waals surface area contributed by atoms with Gasteiger partial charge in [0, 0.05) is 25.2 Å². The fourth-order valence-electron chi connectivity index (χ4n) is 3.28. The number of hydrogen-bond acceptors (Lipinski definition) is 6. The maximum absolute atomic E-state index is 12.8. The molecule has 1 fully saturated rings. The van der Waals surface area contributed by atoms with Gasteiger partial charge in [0.15, 0.2) is 11.5 Å². The first-order valence-corrected chi connectivity index (χ1v) is 10.8. The second kappa shape index (κ2) is 7.84. The van der Waals surface area contributed by atoms with E-state index >= 15 is 0 Å². The molecule has 1 N–H and O–H groups in total. The molecule has 1 aliphatic heterocycles. The van der Waals surface area contributed by atoms with Gasteiger partial charge in [0.05, 0.1) is 11.2 Å². The molecule has 29 heavy (non-hydrogen) atoms. The van der Waals surface area contributed by atoms with E-state index in [2.05, 4.69) is 10.5 Å². The third-order valence-electron chi connectivity index (χ3n) is 4.95. The van der Waals surface area contributed by atoms with Crippen molar-refractivity contribution < 1.29 is 22.2 Å². The van der Waals surface area contributed by atoms with E-state index in [9.17, 15) is 13.2 Å². The van der Waals surface area contributed by atoms with Crippen LogP contribution in [0.15, 0.2) is 62.6 Å². The van der Waals surface area contributed by atoms with Crippen LogP contribution in [0, 0.1) is 6.92 Å². The van der Waals surface area contributed by atoms with Crippen molar-refractivity contribution in [3.63, 3.8) is 0 Å². The Morgan fingerprint density at radius 2 is 1.86 bits per heavy atom. The Bertz CT molecular complexity index is 1080. The molecule has 0 aliphatic carbocycles. The summed E-state index contributed by atoms with van der Waals surface area (Å²) in [5.41, 5.74) is 1.17. The van der Waals surface area contributed by atoms with Crippen molar-refractivity contribution in [3.8, 4) is 11.5 Å². The summed E-state index contributed by atoms with van der Waals surface area (Å²) in [6.45, 7) is 2.60. The van der Waals surface area contributed by atoms with E-state index in [0.29, 0.717) is 42.3 Å². The topological polar surface area (TPSA) is 106 Å². The standard InChI is InChI=1S/C20H21N3O5S/c1-14-4-6-16(7-5-14)29(25,26)23-10-8-15(9-11-23)21-20(24)17-13-19(28-22-17)18-3-2-12-27-18/h2-7,12-13,15H,8-11H2,1H3,(H,21,24). The van der Waals surface area contributed by atoms with E-state index in [1.165, 1.54) is 16.6 Å². The summed E-state index contributed by atoms with van der Waals surface area (Å²) in [6.07, 6.45) is 2.56. The number of carbonyl (C=O) groups excluding carboxylic acids is 1. The maximum Gasteiger partial charge on any atom is 0.273 e. The van der Waals surface area contributed by atoms with Crippen LogP contribution in [0.1, 0.15) is 28.9 Å². The zero-order valence-corrected chi connectivity index (χ0v) is 16.7. The van der Waals surface area contributed by atoms with Crippen molar-refractivity contribution in [2.75, 3.05) is 13.1 Å². The van der Waals surface area contributed by atoms with E-state index in [-0.39, 0.29) is 17.6 Å². The summed E-state index contributed by atoms with van der Waals surface area (Å²) in [6, 6.07) is 11.6. The second-order valence-corrected chi connectivity index (χ2v) is 8.96. The molecule has 0 radical (unpaired) electrons. The van der Waals surface area contributed by atoms with Crippen LogP contribution in [-0.2, 0) is 10.0 Å². The Balaban J connectivity index is 1.35. The predicted molar refractivity (Wildman–Crippen MR) is 105 cm³/mol. The molecule has 0 bridgehead atoms. The van der Waals surface area contributed by atoms with Crippen LogP contribution in [0.2, 0.25) is 0 Å². The molecule has 8 nitrogen and oxygen atoms in total. The first-order valence-electron chi connectivity index (χ1n) is 9.32. The van der Waals surface area contributed by atoms with Crippen LogP contribution in [0.3, 0.4) is 0 Å². The molecule has 0 saturated carbocycles. The minimum atomic E-state index is -3.52. The van der Waals surface area contributed by atoms with Gasteiger partial charge >= 0.3 is 0 Å². The zero-order valence-electron chi connectivity index (χ0n) is 15.9. The molecule has 2 aromatic heterocycles. The number of rotatable bonds is 5. The summed E-state index contributed by atoms with van der Waals surface area (Å²) in [5, 5.41) is 6.68. The predicted octanol–water partition coefficient (Wildman–Crippen LogP) is 2.83. The zero-order chi connectivity index (χ0) is 20.4. The molecule has 1 saturated heterocycles. The molecule has 152 valence electrons. The monoisotopic (exact) mass is 415 g/mol. The highest BCUT2D eigenvalue weighted by molar-refractivity contribution is 7.89. The van der Waals surface area contributed by atoms with Crippen molar-refractivity contribution in [3.05, 3.63) is 60.0 Å². The number of nitrogens with zero attached hydrogens (tertiary/aromatic N) is 2. The molecule has 1 aromatic carbocycles. The Kier molecular flexibility index (Phi) is 5.25. The number of nitrogens with one attached hydrogen (secondary N) is 1. The van der Waals surface area contributed by atoms with Gasteiger partial charge in [-0.15, -0.1) is 0 Å². The molecular weight excluding hydrogens is 394 g/mol. The van der Waals surface area contributed by atoms with Crippen LogP contribution >= 0.6 is 0 Å². The van der Waals surface area contributed by atoms with E-state index in [0.717, 1.165) is 5.56 Å². The number of benzene rings is 1. The van der Waals surface area contributed by atoms with Gasteiger partial charge in [0.2, 0.25) is 15.8 Å². The Labute approximate surface area is 168 Å². The highest BCUT2D eigenvalue weighted by atomic mass is 32.2. The van der Waals surface area contributed by atoms with Gasteiger partial charge in [0.1, 0.15) is 0 Å². The molecule has 4 rings (SSSR count).